The van der Waals surface area contributed by atoms with Crippen molar-refractivity contribution in [3.05, 3.63) is 58.5 Å². The number of fused-ring (bicyclic) bond motifs is 1. The normalized spacial score (nSPS) is 10.9. The van der Waals surface area contributed by atoms with Crippen molar-refractivity contribution in [2.75, 3.05) is 0 Å². The van der Waals surface area contributed by atoms with Crippen LogP contribution in [0.5, 0.6) is 0 Å². The molecule has 0 saturated carbocycles. The Kier molecular flexibility index (Phi) is 3.09. The Morgan fingerprint density at radius 2 is 1.74 bits per heavy atom. The van der Waals surface area contributed by atoms with Crippen molar-refractivity contribution in [1.82, 2.24) is 9.97 Å². The van der Waals surface area contributed by atoms with E-state index in [2.05, 4.69) is 9.97 Å². The average molecular weight is 293 g/mol. The fraction of sp³-hybridized carbons (Fsp3) is 0. The van der Waals surface area contributed by atoms with Gasteiger partial charge in [0.2, 0.25) is 0 Å². The van der Waals surface area contributed by atoms with Crippen molar-refractivity contribution in [3.8, 4) is 11.4 Å². The van der Waals surface area contributed by atoms with Gasteiger partial charge in [0.1, 0.15) is 11.0 Å². The van der Waals surface area contributed by atoms with Crippen LogP contribution in [0.2, 0.25) is 10.2 Å². The lowest BCUT2D eigenvalue weighted by atomic mass is 10.2. The average Bonchev–Trinajstić information content (AvgIpc) is 2.40. The molecule has 0 aliphatic rings. The summed E-state index contributed by atoms with van der Waals surface area (Å²) in [7, 11) is 0. The third kappa shape index (κ3) is 2.27. The summed E-state index contributed by atoms with van der Waals surface area (Å²) < 4.78 is 13.7. The molecular weight excluding hydrogens is 286 g/mol. The van der Waals surface area contributed by atoms with Gasteiger partial charge in [-0.1, -0.05) is 35.3 Å². The lowest BCUT2D eigenvalue weighted by Crippen LogP contribution is -1.94. The van der Waals surface area contributed by atoms with Crippen molar-refractivity contribution >= 4 is 34.1 Å². The van der Waals surface area contributed by atoms with Gasteiger partial charge >= 0.3 is 0 Å². The molecule has 5 heteroatoms. The molecule has 0 unspecified atom stereocenters. The molecule has 0 spiro atoms. The van der Waals surface area contributed by atoms with Crippen LogP contribution in [0, 0.1) is 5.82 Å². The number of hydrogen-bond acceptors (Lipinski definition) is 2. The summed E-state index contributed by atoms with van der Waals surface area (Å²) in [5.74, 6) is -0.121. The fourth-order valence-corrected chi connectivity index (χ4v) is 2.23. The van der Waals surface area contributed by atoms with Crippen molar-refractivity contribution in [2.24, 2.45) is 0 Å². The Hall–Kier alpha value is -1.71. The number of hydrogen-bond donors (Lipinski definition) is 0. The molecule has 0 atom stereocenters. The minimum atomic E-state index is -0.383. The van der Waals surface area contributed by atoms with E-state index in [0.717, 1.165) is 0 Å². The summed E-state index contributed by atoms with van der Waals surface area (Å²) >= 11 is 12.0. The third-order valence-corrected chi connectivity index (χ3v) is 3.25. The second-order valence-electron chi connectivity index (χ2n) is 3.98. The molecule has 1 aromatic heterocycles. The predicted molar refractivity (Wildman–Crippen MR) is 75.0 cm³/mol. The molecule has 0 fully saturated rings. The summed E-state index contributed by atoms with van der Waals surface area (Å²) in [5.41, 5.74) is 0.948. The second-order valence-corrected chi connectivity index (χ2v) is 4.77. The van der Waals surface area contributed by atoms with Gasteiger partial charge in [-0.25, -0.2) is 14.4 Å². The van der Waals surface area contributed by atoms with E-state index >= 15 is 0 Å². The molecule has 0 saturated heterocycles. The quantitative estimate of drug-likeness (QED) is 0.605. The zero-order chi connectivity index (χ0) is 13.4. The summed E-state index contributed by atoms with van der Waals surface area (Å²) in [5, 5.41) is 1.46. The Morgan fingerprint density at radius 1 is 0.947 bits per heavy atom. The van der Waals surface area contributed by atoms with E-state index < -0.39 is 0 Å². The highest BCUT2D eigenvalue weighted by Crippen LogP contribution is 2.27. The second kappa shape index (κ2) is 4.76. The van der Waals surface area contributed by atoms with Crippen LogP contribution in [0.3, 0.4) is 0 Å². The van der Waals surface area contributed by atoms with Gasteiger partial charge in [0.05, 0.1) is 11.1 Å². The first-order valence-electron chi connectivity index (χ1n) is 5.53. The Morgan fingerprint density at radius 3 is 2.53 bits per heavy atom. The first kappa shape index (κ1) is 12.3. The first-order valence-corrected chi connectivity index (χ1v) is 6.28. The SMILES string of the molecule is Fc1ccccc1-c1nc(Cl)c2cc(Cl)ccc2n1. The van der Waals surface area contributed by atoms with Crippen molar-refractivity contribution in [1.29, 1.82) is 0 Å². The minimum absolute atomic E-state index is 0.255. The van der Waals surface area contributed by atoms with Crippen LogP contribution >= 0.6 is 23.2 Å². The van der Waals surface area contributed by atoms with Gasteiger partial charge in [0, 0.05) is 10.4 Å². The fourth-order valence-electron chi connectivity index (χ4n) is 1.83. The molecular formula is C14H7Cl2FN2. The summed E-state index contributed by atoms with van der Waals surface area (Å²) in [6.07, 6.45) is 0. The largest absolute Gasteiger partial charge is 0.228 e. The van der Waals surface area contributed by atoms with Crippen molar-refractivity contribution in [2.45, 2.75) is 0 Å². The van der Waals surface area contributed by atoms with Gasteiger partial charge in [-0.2, -0.15) is 0 Å². The van der Waals surface area contributed by atoms with Gasteiger partial charge in [-0.05, 0) is 30.3 Å². The summed E-state index contributed by atoms with van der Waals surface area (Å²) in [4.78, 5) is 8.44. The lowest BCUT2D eigenvalue weighted by Gasteiger charge is -2.05. The van der Waals surface area contributed by atoms with E-state index in [1.807, 2.05) is 0 Å². The molecule has 0 aliphatic heterocycles. The van der Waals surface area contributed by atoms with Crippen LogP contribution in [-0.2, 0) is 0 Å². The molecule has 0 amide bonds. The first-order chi connectivity index (χ1) is 9.15. The van der Waals surface area contributed by atoms with Gasteiger partial charge < -0.3 is 0 Å². The lowest BCUT2D eigenvalue weighted by molar-refractivity contribution is 0.630. The Balaban J connectivity index is 2.27. The highest BCUT2D eigenvalue weighted by atomic mass is 35.5. The monoisotopic (exact) mass is 292 g/mol. The van der Waals surface area contributed by atoms with E-state index in [-0.39, 0.29) is 16.8 Å². The van der Waals surface area contributed by atoms with Gasteiger partial charge in [0.25, 0.3) is 0 Å². The number of aromatic nitrogens is 2. The number of halogens is 3. The van der Waals surface area contributed by atoms with Gasteiger partial charge in [-0.15, -0.1) is 0 Å². The van der Waals surface area contributed by atoms with Crippen molar-refractivity contribution in [3.63, 3.8) is 0 Å². The number of nitrogens with zero attached hydrogens (tertiary/aromatic N) is 2. The standard InChI is InChI=1S/C14H7Cl2FN2/c15-8-5-6-12-10(7-8)13(16)19-14(18-12)9-3-1-2-4-11(9)17/h1-7H. The molecule has 0 radical (unpaired) electrons. The maximum Gasteiger partial charge on any atom is 0.164 e. The minimum Gasteiger partial charge on any atom is -0.228 e. The maximum atomic E-state index is 13.7. The van der Waals surface area contributed by atoms with Crippen LogP contribution in [0.1, 0.15) is 0 Å². The molecule has 2 nitrogen and oxygen atoms in total. The third-order valence-electron chi connectivity index (χ3n) is 2.73. The molecule has 0 bridgehead atoms. The van der Waals surface area contributed by atoms with Crippen LogP contribution < -0.4 is 0 Å². The highest BCUT2D eigenvalue weighted by Gasteiger charge is 2.11. The summed E-state index contributed by atoms with van der Waals surface area (Å²) in [6, 6.07) is 11.4. The molecule has 3 rings (SSSR count). The molecule has 2 aromatic carbocycles. The van der Waals surface area contributed by atoms with Crippen LogP contribution in [0.4, 0.5) is 4.39 Å². The summed E-state index contributed by atoms with van der Waals surface area (Å²) in [6.45, 7) is 0. The number of rotatable bonds is 1. The molecule has 19 heavy (non-hydrogen) atoms. The zero-order valence-electron chi connectivity index (χ0n) is 9.57. The highest BCUT2D eigenvalue weighted by molar-refractivity contribution is 6.35. The molecule has 0 aliphatic carbocycles. The topological polar surface area (TPSA) is 25.8 Å². The van der Waals surface area contributed by atoms with Crippen LogP contribution in [-0.4, -0.2) is 9.97 Å². The van der Waals surface area contributed by atoms with E-state index in [1.54, 1.807) is 36.4 Å². The Labute approximate surface area is 118 Å². The molecule has 0 N–H and O–H groups in total. The molecule has 3 aromatic rings. The van der Waals surface area contributed by atoms with Crippen LogP contribution in [0.25, 0.3) is 22.3 Å². The number of benzene rings is 2. The smallest absolute Gasteiger partial charge is 0.164 e. The van der Waals surface area contributed by atoms with E-state index in [0.29, 0.717) is 21.5 Å². The van der Waals surface area contributed by atoms with Gasteiger partial charge in [-0.3, -0.25) is 0 Å². The van der Waals surface area contributed by atoms with Crippen LogP contribution in [0.15, 0.2) is 42.5 Å². The van der Waals surface area contributed by atoms with Crippen molar-refractivity contribution < 1.29 is 4.39 Å². The maximum absolute atomic E-state index is 13.7. The van der Waals surface area contributed by atoms with E-state index in [9.17, 15) is 4.39 Å². The Bertz CT molecular complexity index is 774. The van der Waals surface area contributed by atoms with E-state index in [4.69, 9.17) is 23.2 Å². The van der Waals surface area contributed by atoms with E-state index in [1.165, 1.54) is 6.07 Å². The zero-order valence-corrected chi connectivity index (χ0v) is 11.1. The van der Waals surface area contributed by atoms with Gasteiger partial charge in [0.15, 0.2) is 5.82 Å². The molecule has 94 valence electrons. The molecule has 1 heterocycles. The predicted octanol–water partition coefficient (Wildman–Crippen LogP) is 4.74.